The summed E-state index contributed by atoms with van der Waals surface area (Å²) in [4.78, 5) is 23.8. The topological polar surface area (TPSA) is 49.3 Å². The fourth-order valence-corrected chi connectivity index (χ4v) is 3.75. The van der Waals surface area contributed by atoms with Crippen molar-refractivity contribution in [3.63, 3.8) is 0 Å². The van der Waals surface area contributed by atoms with Crippen molar-refractivity contribution in [3.8, 4) is 0 Å². The molecule has 0 unspecified atom stereocenters. The van der Waals surface area contributed by atoms with Gasteiger partial charge in [-0.3, -0.25) is 4.79 Å². The van der Waals surface area contributed by atoms with Crippen molar-refractivity contribution in [2.75, 3.05) is 31.1 Å². The number of aromatic nitrogens is 2. The minimum atomic E-state index is -4.64. The van der Waals surface area contributed by atoms with Crippen LogP contribution in [0.1, 0.15) is 22.6 Å². The van der Waals surface area contributed by atoms with E-state index in [9.17, 15) is 18.0 Å². The standard InChI is InChI=1S/C21H18ClF3N4O/c22-15-6-3-5-14(13-15)19(30)29-10-4-9-28(11-12-29)18-16-7-1-2-8-17(16)26-20(27-18)21(23,24)25/h1-3,5-8,13H,4,9-12H2. The highest BCUT2D eigenvalue weighted by molar-refractivity contribution is 6.30. The third kappa shape index (κ3) is 4.18. The maximum atomic E-state index is 13.3. The highest BCUT2D eigenvalue weighted by Crippen LogP contribution is 2.32. The van der Waals surface area contributed by atoms with E-state index >= 15 is 0 Å². The fourth-order valence-electron chi connectivity index (χ4n) is 3.56. The normalized spacial score (nSPS) is 15.3. The number of amides is 1. The average Bonchev–Trinajstić information content (AvgIpc) is 2.98. The summed E-state index contributed by atoms with van der Waals surface area (Å²) in [5, 5.41) is 1.03. The quantitative estimate of drug-likeness (QED) is 0.589. The average molecular weight is 435 g/mol. The molecule has 1 saturated heterocycles. The second-order valence-corrected chi connectivity index (χ2v) is 7.47. The molecule has 3 aromatic rings. The Hall–Kier alpha value is -2.87. The summed E-state index contributed by atoms with van der Waals surface area (Å²) in [7, 11) is 0. The van der Waals surface area contributed by atoms with Crippen LogP contribution in [-0.2, 0) is 6.18 Å². The summed E-state index contributed by atoms with van der Waals surface area (Å²) in [5.74, 6) is -1.07. The SMILES string of the molecule is O=C(c1cccc(Cl)c1)N1CCCN(c2nc(C(F)(F)F)nc3ccccc23)CC1. The zero-order chi connectivity index (χ0) is 21.3. The number of nitrogens with zero attached hydrogens (tertiary/aromatic N) is 4. The molecule has 1 aliphatic rings. The van der Waals surface area contributed by atoms with Crippen LogP contribution in [0.5, 0.6) is 0 Å². The van der Waals surface area contributed by atoms with Crippen molar-refractivity contribution in [2.24, 2.45) is 0 Å². The molecule has 1 fully saturated rings. The molecule has 0 aliphatic carbocycles. The first kappa shape index (κ1) is 20.4. The maximum Gasteiger partial charge on any atom is 0.451 e. The Morgan fingerprint density at radius 3 is 2.53 bits per heavy atom. The van der Waals surface area contributed by atoms with Gasteiger partial charge in [-0.05, 0) is 36.8 Å². The van der Waals surface area contributed by atoms with E-state index in [4.69, 9.17) is 11.6 Å². The summed E-state index contributed by atoms with van der Waals surface area (Å²) in [5.41, 5.74) is 0.730. The van der Waals surface area contributed by atoms with Crippen LogP contribution in [0.3, 0.4) is 0 Å². The molecule has 2 heterocycles. The molecule has 0 radical (unpaired) electrons. The van der Waals surface area contributed by atoms with Crippen molar-refractivity contribution in [1.29, 1.82) is 0 Å². The van der Waals surface area contributed by atoms with E-state index in [1.165, 1.54) is 0 Å². The Labute approximate surface area is 176 Å². The van der Waals surface area contributed by atoms with Gasteiger partial charge in [-0.25, -0.2) is 9.97 Å². The number of benzene rings is 2. The van der Waals surface area contributed by atoms with E-state index in [1.54, 1.807) is 58.3 Å². The molecule has 9 heteroatoms. The molecule has 1 aromatic heterocycles. The van der Waals surface area contributed by atoms with Gasteiger partial charge in [-0.1, -0.05) is 29.8 Å². The number of carbonyl (C=O) groups is 1. The lowest BCUT2D eigenvalue weighted by molar-refractivity contribution is -0.144. The predicted molar refractivity (Wildman–Crippen MR) is 109 cm³/mol. The maximum absolute atomic E-state index is 13.3. The van der Waals surface area contributed by atoms with E-state index in [-0.39, 0.29) is 17.2 Å². The Morgan fingerprint density at radius 2 is 1.77 bits per heavy atom. The number of rotatable bonds is 2. The molecule has 0 bridgehead atoms. The van der Waals surface area contributed by atoms with Gasteiger partial charge in [0, 0.05) is 42.2 Å². The summed E-state index contributed by atoms with van der Waals surface area (Å²) >= 11 is 5.99. The fraction of sp³-hybridized carbons (Fsp3) is 0.286. The van der Waals surface area contributed by atoms with Gasteiger partial charge in [0.2, 0.25) is 5.82 Å². The largest absolute Gasteiger partial charge is 0.451 e. The summed E-state index contributed by atoms with van der Waals surface area (Å²) in [6, 6.07) is 13.4. The summed E-state index contributed by atoms with van der Waals surface area (Å²) in [6.07, 6.45) is -4.04. The zero-order valence-corrected chi connectivity index (χ0v) is 16.6. The predicted octanol–water partition coefficient (Wildman–Crippen LogP) is 4.65. The smallest absolute Gasteiger partial charge is 0.354 e. The monoisotopic (exact) mass is 434 g/mol. The van der Waals surface area contributed by atoms with Crippen LogP contribution in [0.2, 0.25) is 5.02 Å². The van der Waals surface area contributed by atoms with Gasteiger partial charge in [-0.15, -0.1) is 0 Å². The lowest BCUT2D eigenvalue weighted by atomic mass is 10.2. The van der Waals surface area contributed by atoms with Crippen molar-refractivity contribution in [3.05, 3.63) is 64.9 Å². The van der Waals surface area contributed by atoms with Gasteiger partial charge >= 0.3 is 6.18 Å². The molecule has 0 spiro atoms. The van der Waals surface area contributed by atoms with Gasteiger partial charge in [0.25, 0.3) is 5.91 Å². The van der Waals surface area contributed by atoms with Gasteiger partial charge in [-0.2, -0.15) is 13.2 Å². The first-order valence-corrected chi connectivity index (χ1v) is 9.84. The Kier molecular flexibility index (Phi) is 5.51. The van der Waals surface area contributed by atoms with Crippen molar-refractivity contribution in [1.82, 2.24) is 14.9 Å². The highest BCUT2D eigenvalue weighted by atomic mass is 35.5. The molecule has 2 aromatic carbocycles. The molecule has 0 saturated carbocycles. The third-order valence-corrected chi connectivity index (χ3v) is 5.23. The molecule has 30 heavy (non-hydrogen) atoms. The Bertz CT molecular complexity index is 1090. The van der Waals surface area contributed by atoms with Crippen LogP contribution in [-0.4, -0.2) is 47.0 Å². The molecular weight excluding hydrogens is 417 g/mol. The van der Waals surface area contributed by atoms with Gasteiger partial charge in [0.05, 0.1) is 5.52 Å². The van der Waals surface area contributed by atoms with E-state index in [1.807, 2.05) is 0 Å². The van der Waals surface area contributed by atoms with E-state index in [0.29, 0.717) is 48.6 Å². The summed E-state index contributed by atoms with van der Waals surface area (Å²) < 4.78 is 40.0. The zero-order valence-electron chi connectivity index (χ0n) is 15.9. The first-order valence-electron chi connectivity index (χ1n) is 9.47. The Morgan fingerprint density at radius 1 is 0.967 bits per heavy atom. The molecule has 0 N–H and O–H groups in total. The van der Waals surface area contributed by atoms with E-state index < -0.39 is 12.0 Å². The number of alkyl halides is 3. The molecule has 4 rings (SSSR count). The van der Waals surface area contributed by atoms with Crippen LogP contribution < -0.4 is 4.90 Å². The van der Waals surface area contributed by atoms with Crippen LogP contribution in [0, 0.1) is 0 Å². The van der Waals surface area contributed by atoms with Crippen molar-refractivity contribution >= 4 is 34.2 Å². The first-order chi connectivity index (χ1) is 14.3. The number of para-hydroxylation sites is 1. The van der Waals surface area contributed by atoms with Crippen LogP contribution >= 0.6 is 11.6 Å². The van der Waals surface area contributed by atoms with Crippen LogP contribution in [0.4, 0.5) is 19.0 Å². The molecule has 1 amide bonds. The molecule has 0 atom stereocenters. The van der Waals surface area contributed by atoms with E-state index in [2.05, 4.69) is 9.97 Å². The number of fused-ring (bicyclic) bond motifs is 1. The van der Waals surface area contributed by atoms with Crippen molar-refractivity contribution in [2.45, 2.75) is 12.6 Å². The van der Waals surface area contributed by atoms with Gasteiger partial charge in [0.1, 0.15) is 5.82 Å². The van der Waals surface area contributed by atoms with Crippen LogP contribution in [0.25, 0.3) is 10.9 Å². The summed E-state index contributed by atoms with van der Waals surface area (Å²) in [6.45, 7) is 1.71. The minimum absolute atomic E-state index is 0.150. The molecule has 5 nitrogen and oxygen atoms in total. The third-order valence-electron chi connectivity index (χ3n) is 4.99. The minimum Gasteiger partial charge on any atom is -0.354 e. The van der Waals surface area contributed by atoms with Gasteiger partial charge in [0.15, 0.2) is 0 Å². The Balaban J connectivity index is 1.62. The van der Waals surface area contributed by atoms with Gasteiger partial charge < -0.3 is 9.80 Å². The number of hydrogen-bond donors (Lipinski definition) is 0. The highest BCUT2D eigenvalue weighted by Gasteiger charge is 2.36. The number of anilines is 1. The molecule has 156 valence electrons. The van der Waals surface area contributed by atoms with E-state index in [0.717, 1.165) is 0 Å². The number of hydrogen-bond acceptors (Lipinski definition) is 4. The second kappa shape index (κ2) is 8.10. The van der Waals surface area contributed by atoms with Crippen molar-refractivity contribution < 1.29 is 18.0 Å². The molecular formula is C21H18ClF3N4O. The second-order valence-electron chi connectivity index (χ2n) is 7.03. The number of carbonyl (C=O) groups excluding carboxylic acids is 1. The lowest BCUT2D eigenvalue weighted by Gasteiger charge is -2.24. The lowest BCUT2D eigenvalue weighted by Crippen LogP contribution is -2.35. The number of halogens is 4. The van der Waals surface area contributed by atoms with Crippen LogP contribution in [0.15, 0.2) is 48.5 Å². The molecule has 1 aliphatic heterocycles.